The fraction of sp³-hybridized carbons (Fsp3) is 0.294. The average Bonchev–Trinajstić information content (AvgIpc) is 3.03. The van der Waals surface area contributed by atoms with Crippen LogP contribution in [0.25, 0.3) is 0 Å². The number of carbonyl (C=O) groups excluding carboxylic acids is 2. The monoisotopic (exact) mass is 364 g/mol. The number of hydrogen-bond donors (Lipinski definition) is 2. The van der Waals surface area contributed by atoms with Crippen LogP contribution in [0.5, 0.6) is 5.75 Å². The van der Waals surface area contributed by atoms with Crippen LogP contribution >= 0.6 is 22.9 Å². The molecule has 0 spiro atoms. The van der Waals surface area contributed by atoms with Gasteiger partial charge >= 0.3 is 0 Å². The molecule has 0 saturated carbocycles. The highest BCUT2D eigenvalue weighted by Crippen LogP contribution is 2.29. The highest BCUT2D eigenvalue weighted by Gasteiger charge is 2.18. The third-order valence-corrected chi connectivity index (χ3v) is 5.39. The Kier molecular flexibility index (Phi) is 5.06. The highest BCUT2D eigenvalue weighted by molar-refractivity contribution is 7.14. The smallest absolute Gasteiger partial charge is 0.279 e. The molecular weight excluding hydrogens is 348 g/mol. The molecule has 2 N–H and O–H groups in total. The second-order valence-electron chi connectivity index (χ2n) is 5.52. The fourth-order valence-corrected chi connectivity index (χ4v) is 4.01. The molecule has 0 aliphatic heterocycles. The second-order valence-corrected chi connectivity index (χ2v) is 7.09. The lowest BCUT2D eigenvalue weighted by Gasteiger charge is -2.10. The molecule has 1 aromatic carbocycles. The summed E-state index contributed by atoms with van der Waals surface area (Å²) in [4.78, 5) is 26.4. The highest BCUT2D eigenvalue weighted by atomic mass is 35.5. The molecule has 2 amide bonds. The number of ether oxygens (including phenoxy) is 1. The first-order valence-electron chi connectivity index (χ1n) is 7.64. The molecule has 1 aliphatic carbocycles. The predicted octanol–water partition coefficient (Wildman–Crippen LogP) is 3.36. The van der Waals surface area contributed by atoms with Gasteiger partial charge in [0, 0.05) is 9.90 Å². The first-order valence-corrected chi connectivity index (χ1v) is 8.83. The molecule has 0 fully saturated rings. The lowest BCUT2D eigenvalue weighted by Crippen LogP contribution is -2.41. The summed E-state index contributed by atoms with van der Waals surface area (Å²) in [5.41, 5.74) is 6.42. The Hall–Kier alpha value is -2.05. The van der Waals surface area contributed by atoms with Crippen molar-refractivity contribution in [2.75, 3.05) is 7.11 Å². The van der Waals surface area contributed by atoms with Crippen molar-refractivity contribution in [2.45, 2.75) is 25.7 Å². The lowest BCUT2D eigenvalue weighted by molar-refractivity contribution is 0.0847. The zero-order valence-electron chi connectivity index (χ0n) is 13.1. The number of rotatable bonds is 3. The number of methoxy groups -OCH3 is 1. The minimum atomic E-state index is -0.460. The van der Waals surface area contributed by atoms with Crippen LogP contribution < -0.4 is 15.6 Å². The minimum absolute atomic E-state index is 0.299. The Bertz CT molecular complexity index is 765. The number of hydrogen-bond acceptors (Lipinski definition) is 4. The van der Waals surface area contributed by atoms with Gasteiger partial charge < -0.3 is 4.74 Å². The van der Waals surface area contributed by atoms with E-state index in [1.54, 1.807) is 18.2 Å². The number of nitrogens with one attached hydrogen (secondary N) is 2. The van der Waals surface area contributed by atoms with Crippen molar-refractivity contribution >= 4 is 34.8 Å². The number of hydrazine groups is 1. The van der Waals surface area contributed by atoms with Gasteiger partial charge in [-0.05, 0) is 55.5 Å². The van der Waals surface area contributed by atoms with E-state index in [0.717, 1.165) is 19.3 Å². The van der Waals surface area contributed by atoms with Gasteiger partial charge in [0.25, 0.3) is 11.8 Å². The van der Waals surface area contributed by atoms with E-state index < -0.39 is 5.91 Å². The van der Waals surface area contributed by atoms with Gasteiger partial charge in [-0.25, -0.2) is 0 Å². The van der Waals surface area contributed by atoms with Gasteiger partial charge in [0.1, 0.15) is 5.75 Å². The number of fused-ring (bicyclic) bond motifs is 1. The number of benzene rings is 1. The number of carbonyl (C=O) groups is 2. The summed E-state index contributed by atoms with van der Waals surface area (Å²) in [6, 6.07) is 6.61. The molecule has 7 heteroatoms. The van der Waals surface area contributed by atoms with Gasteiger partial charge in [-0.2, -0.15) is 0 Å². The molecule has 0 saturated heterocycles. The van der Waals surface area contributed by atoms with Crippen LogP contribution in [-0.2, 0) is 12.8 Å². The third-order valence-electron chi connectivity index (χ3n) is 3.92. The van der Waals surface area contributed by atoms with Gasteiger partial charge in [0.05, 0.1) is 17.6 Å². The number of halogens is 1. The van der Waals surface area contributed by atoms with Crippen molar-refractivity contribution in [3.05, 3.63) is 50.2 Å². The van der Waals surface area contributed by atoms with E-state index in [4.69, 9.17) is 16.3 Å². The zero-order valence-corrected chi connectivity index (χ0v) is 14.7. The SMILES string of the molecule is COc1cc(Cl)ccc1C(=O)NNC(=O)c1cc2c(s1)CCCC2. The van der Waals surface area contributed by atoms with Crippen molar-refractivity contribution in [3.8, 4) is 5.75 Å². The maximum absolute atomic E-state index is 12.2. The van der Waals surface area contributed by atoms with Crippen LogP contribution in [-0.4, -0.2) is 18.9 Å². The van der Waals surface area contributed by atoms with Crippen molar-refractivity contribution in [1.82, 2.24) is 10.9 Å². The Balaban J connectivity index is 1.66. The summed E-state index contributed by atoms with van der Waals surface area (Å²) in [6.07, 6.45) is 4.38. The summed E-state index contributed by atoms with van der Waals surface area (Å²) in [5.74, 6) is -0.422. The lowest BCUT2D eigenvalue weighted by atomic mass is 9.99. The summed E-state index contributed by atoms with van der Waals surface area (Å²) >= 11 is 7.37. The number of thiophene rings is 1. The average molecular weight is 365 g/mol. The van der Waals surface area contributed by atoms with E-state index in [0.29, 0.717) is 21.2 Å². The van der Waals surface area contributed by atoms with Crippen LogP contribution in [0.3, 0.4) is 0 Å². The van der Waals surface area contributed by atoms with Crippen molar-refractivity contribution in [2.24, 2.45) is 0 Å². The third kappa shape index (κ3) is 3.55. The molecule has 1 aromatic heterocycles. The van der Waals surface area contributed by atoms with E-state index in [2.05, 4.69) is 10.9 Å². The standard InChI is InChI=1S/C17H17ClN2O3S/c1-23-13-9-11(18)6-7-12(13)16(21)19-20-17(22)15-8-10-4-2-3-5-14(10)24-15/h6-9H,2-5H2,1H3,(H,19,21)(H,20,22). The minimum Gasteiger partial charge on any atom is -0.496 e. The van der Waals surface area contributed by atoms with Gasteiger partial charge in [0.2, 0.25) is 0 Å². The number of amides is 2. The van der Waals surface area contributed by atoms with Gasteiger partial charge in [-0.15, -0.1) is 11.3 Å². The van der Waals surface area contributed by atoms with E-state index in [9.17, 15) is 9.59 Å². The maximum Gasteiger partial charge on any atom is 0.279 e. The van der Waals surface area contributed by atoms with E-state index >= 15 is 0 Å². The molecule has 5 nitrogen and oxygen atoms in total. The van der Waals surface area contributed by atoms with Gasteiger partial charge in [0.15, 0.2) is 0 Å². The van der Waals surface area contributed by atoms with Crippen LogP contribution in [0.2, 0.25) is 5.02 Å². The van der Waals surface area contributed by atoms with Crippen molar-refractivity contribution in [1.29, 1.82) is 0 Å². The van der Waals surface area contributed by atoms with Crippen LogP contribution in [0.1, 0.15) is 43.3 Å². The van der Waals surface area contributed by atoms with Crippen LogP contribution in [0, 0.1) is 0 Å². The Morgan fingerprint density at radius 2 is 1.88 bits per heavy atom. The molecule has 1 heterocycles. The fourth-order valence-electron chi connectivity index (χ4n) is 2.70. The Labute approximate surface area is 148 Å². The molecule has 1 aliphatic rings. The summed E-state index contributed by atoms with van der Waals surface area (Å²) in [7, 11) is 1.46. The van der Waals surface area contributed by atoms with Crippen LogP contribution in [0.4, 0.5) is 0 Å². The van der Waals surface area contributed by atoms with E-state index in [1.807, 2.05) is 6.07 Å². The van der Waals surface area contributed by atoms with E-state index in [-0.39, 0.29) is 5.91 Å². The predicted molar refractivity (Wildman–Crippen MR) is 93.9 cm³/mol. The first-order chi connectivity index (χ1) is 11.6. The molecule has 24 heavy (non-hydrogen) atoms. The normalized spacial score (nSPS) is 13.1. The summed E-state index contributed by atoms with van der Waals surface area (Å²) in [6.45, 7) is 0. The summed E-state index contributed by atoms with van der Waals surface area (Å²) in [5, 5.41) is 0.469. The Morgan fingerprint density at radius 3 is 2.62 bits per heavy atom. The quantitative estimate of drug-likeness (QED) is 0.820. The molecule has 3 rings (SSSR count). The van der Waals surface area contributed by atoms with Crippen molar-refractivity contribution < 1.29 is 14.3 Å². The molecular formula is C17H17ClN2O3S. The Morgan fingerprint density at radius 1 is 1.12 bits per heavy atom. The van der Waals surface area contributed by atoms with E-state index in [1.165, 1.54) is 35.3 Å². The largest absolute Gasteiger partial charge is 0.496 e. The molecule has 126 valence electrons. The zero-order chi connectivity index (χ0) is 17.1. The maximum atomic E-state index is 12.2. The second kappa shape index (κ2) is 7.23. The van der Waals surface area contributed by atoms with Gasteiger partial charge in [-0.3, -0.25) is 20.4 Å². The van der Waals surface area contributed by atoms with Crippen LogP contribution in [0.15, 0.2) is 24.3 Å². The van der Waals surface area contributed by atoms with Gasteiger partial charge in [-0.1, -0.05) is 11.6 Å². The first kappa shape index (κ1) is 16.8. The molecule has 2 aromatic rings. The molecule has 0 bridgehead atoms. The molecule has 0 atom stereocenters. The topological polar surface area (TPSA) is 67.4 Å². The number of aryl methyl sites for hydroxylation is 2. The molecule has 0 radical (unpaired) electrons. The summed E-state index contributed by atoms with van der Waals surface area (Å²) < 4.78 is 5.14. The van der Waals surface area contributed by atoms with Crippen molar-refractivity contribution in [3.63, 3.8) is 0 Å². The molecule has 0 unspecified atom stereocenters.